The quantitative estimate of drug-likeness (QED) is 0.144. The summed E-state index contributed by atoms with van der Waals surface area (Å²) in [7, 11) is 1.96. The van der Waals surface area contributed by atoms with Crippen LogP contribution in [0.4, 0.5) is 4.39 Å². The molecule has 7 rings (SSSR count). The predicted octanol–water partition coefficient (Wildman–Crippen LogP) is 8.55. The molecule has 7 aromatic rings. The molecule has 1 radical (unpaired) electrons. The Kier molecular flexibility index (Phi) is 7.98. The minimum absolute atomic E-state index is 0. The van der Waals surface area contributed by atoms with Gasteiger partial charge in [-0.25, -0.2) is 9.37 Å². The minimum atomic E-state index is -0.214. The van der Waals surface area contributed by atoms with E-state index in [1.54, 1.807) is 12.1 Å². The van der Waals surface area contributed by atoms with Crippen molar-refractivity contribution in [1.82, 2.24) is 14.5 Å². The number of phenols is 1. The zero-order valence-corrected chi connectivity index (χ0v) is 25.2. The number of para-hydroxylation sites is 3. The molecule has 2 aromatic heterocycles. The van der Waals surface area contributed by atoms with Crippen molar-refractivity contribution in [2.45, 2.75) is 13.8 Å². The molecule has 205 valence electrons. The van der Waals surface area contributed by atoms with Gasteiger partial charge in [0.2, 0.25) is 0 Å². The smallest absolute Gasteiger partial charge is 0.144 e. The third-order valence-electron chi connectivity index (χ3n) is 7.06. The van der Waals surface area contributed by atoms with Crippen LogP contribution in [0.5, 0.6) is 5.75 Å². The van der Waals surface area contributed by atoms with E-state index in [9.17, 15) is 9.50 Å². The van der Waals surface area contributed by atoms with Crippen molar-refractivity contribution >= 4 is 32.6 Å². The first kappa shape index (κ1) is 28.2. The molecular weight excluding hydrogens is 690 g/mol. The van der Waals surface area contributed by atoms with Gasteiger partial charge in [-0.2, -0.15) is 0 Å². The Hall–Kier alpha value is -4.38. The normalized spacial score (nSPS) is 10.8. The summed E-state index contributed by atoms with van der Waals surface area (Å²) in [6, 6.07) is 33.7. The molecular formula is C35H27FIrN3O-. The molecule has 1 N–H and O–H groups in total. The number of aryl methyl sites for hydroxylation is 3. The van der Waals surface area contributed by atoms with Crippen molar-refractivity contribution in [2.75, 3.05) is 0 Å². The molecule has 4 nitrogen and oxygen atoms in total. The van der Waals surface area contributed by atoms with Gasteiger partial charge in [-0.1, -0.05) is 56.3 Å². The van der Waals surface area contributed by atoms with E-state index in [1.807, 2.05) is 91.5 Å². The maximum Gasteiger partial charge on any atom is 0.144 e. The van der Waals surface area contributed by atoms with Gasteiger partial charge in [-0.05, 0) is 69.7 Å². The van der Waals surface area contributed by atoms with E-state index < -0.39 is 0 Å². The Labute approximate surface area is 251 Å². The van der Waals surface area contributed by atoms with E-state index in [0.29, 0.717) is 0 Å². The van der Waals surface area contributed by atoms with Crippen LogP contribution in [-0.4, -0.2) is 19.6 Å². The summed E-state index contributed by atoms with van der Waals surface area (Å²) in [6.45, 7) is 4.12. The van der Waals surface area contributed by atoms with Gasteiger partial charge in [0.05, 0.1) is 16.6 Å². The monoisotopic (exact) mass is 717 g/mol. The number of halogens is 1. The molecule has 0 unspecified atom stereocenters. The average Bonchev–Trinajstić information content (AvgIpc) is 3.28. The Morgan fingerprint density at radius 1 is 0.805 bits per heavy atom. The van der Waals surface area contributed by atoms with Crippen LogP contribution in [0.2, 0.25) is 0 Å². The first-order valence-electron chi connectivity index (χ1n) is 13.1. The molecule has 41 heavy (non-hydrogen) atoms. The van der Waals surface area contributed by atoms with E-state index in [2.05, 4.69) is 35.1 Å². The van der Waals surface area contributed by atoms with Gasteiger partial charge >= 0.3 is 0 Å². The van der Waals surface area contributed by atoms with Crippen LogP contribution in [-0.2, 0) is 27.2 Å². The molecule has 0 saturated heterocycles. The number of phenolic OH excluding ortho intramolecular Hbond substituents is 1. The first-order chi connectivity index (χ1) is 19.4. The second-order valence-corrected chi connectivity index (χ2v) is 9.94. The van der Waals surface area contributed by atoms with E-state index >= 15 is 0 Å². The number of hydrogen-bond donors (Lipinski definition) is 1. The van der Waals surface area contributed by atoms with Crippen molar-refractivity contribution in [1.29, 1.82) is 0 Å². The molecule has 0 aliphatic carbocycles. The molecule has 0 fully saturated rings. The van der Waals surface area contributed by atoms with Crippen LogP contribution in [0.15, 0.2) is 103 Å². The number of hydrogen-bond acceptors (Lipinski definition) is 3. The van der Waals surface area contributed by atoms with Crippen LogP contribution < -0.4 is 0 Å². The van der Waals surface area contributed by atoms with Gasteiger partial charge in [0, 0.05) is 33.3 Å². The van der Waals surface area contributed by atoms with Crippen LogP contribution in [0.3, 0.4) is 0 Å². The zero-order valence-electron chi connectivity index (χ0n) is 22.8. The maximum absolute atomic E-state index is 13.5. The number of aromatic nitrogens is 3. The number of aromatic hydroxyl groups is 1. The Morgan fingerprint density at radius 3 is 2.34 bits per heavy atom. The predicted molar refractivity (Wildman–Crippen MR) is 161 cm³/mol. The average molecular weight is 717 g/mol. The van der Waals surface area contributed by atoms with Gasteiger partial charge < -0.3 is 14.7 Å². The molecule has 0 aliphatic rings. The molecule has 0 atom stereocenters. The standard InChI is InChI=1S/C21H15FN.C14H12N2O.Ir/c1-13-9-14(2)11-16(10-13)21-20-5-3-15-12-17(22)4-6-18(15)19(20)7-8-23-21;1-16-12-8-4-3-7-11(12)15-14(16)10-6-2-5-9-13(10)17;/h3-10,12H,1-2H3;2-9,17H,1H3;/q-1;;. The number of imidazole rings is 1. The van der Waals surface area contributed by atoms with E-state index in [4.69, 9.17) is 0 Å². The number of fused-ring (bicyclic) bond motifs is 4. The minimum Gasteiger partial charge on any atom is -0.507 e. The molecule has 2 heterocycles. The van der Waals surface area contributed by atoms with Crippen LogP contribution in [0, 0.1) is 25.7 Å². The fraction of sp³-hybridized carbons (Fsp3) is 0.0857. The maximum atomic E-state index is 13.5. The third kappa shape index (κ3) is 5.49. The summed E-state index contributed by atoms with van der Waals surface area (Å²) in [4.78, 5) is 9.12. The topological polar surface area (TPSA) is 50.9 Å². The summed E-state index contributed by atoms with van der Waals surface area (Å²) >= 11 is 0. The fourth-order valence-corrected chi connectivity index (χ4v) is 5.25. The van der Waals surface area contributed by atoms with Crippen molar-refractivity contribution in [3.05, 3.63) is 126 Å². The second kappa shape index (κ2) is 11.6. The summed E-state index contributed by atoms with van der Waals surface area (Å²) in [5.74, 6) is 0.823. The number of nitrogens with zero attached hydrogens (tertiary/aromatic N) is 3. The van der Waals surface area contributed by atoms with Crippen LogP contribution in [0.25, 0.3) is 55.2 Å². The van der Waals surface area contributed by atoms with E-state index in [-0.39, 0.29) is 31.7 Å². The van der Waals surface area contributed by atoms with E-state index in [0.717, 1.165) is 60.8 Å². The van der Waals surface area contributed by atoms with Crippen molar-refractivity contribution in [2.24, 2.45) is 7.05 Å². The van der Waals surface area contributed by atoms with Gasteiger partial charge in [0.25, 0.3) is 0 Å². The van der Waals surface area contributed by atoms with Gasteiger partial charge in [0.1, 0.15) is 17.4 Å². The summed E-state index contributed by atoms with van der Waals surface area (Å²) in [5, 5.41) is 13.9. The van der Waals surface area contributed by atoms with Gasteiger partial charge in [-0.3, -0.25) is 0 Å². The number of benzene rings is 5. The summed E-state index contributed by atoms with van der Waals surface area (Å²) < 4.78 is 15.4. The van der Waals surface area contributed by atoms with Crippen LogP contribution in [0.1, 0.15) is 11.1 Å². The number of pyridine rings is 1. The number of rotatable bonds is 2. The van der Waals surface area contributed by atoms with Crippen molar-refractivity contribution in [3.63, 3.8) is 0 Å². The van der Waals surface area contributed by atoms with E-state index in [1.165, 1.54) is 11.6 Å². The largest absolute Gasteiger partial charge is 0.507 e. The molecule has 6 heteroatoms. The second-order valence-electron chi connectivity index (χ2n) is 9.94. The summed E-state index contributed by atoms with van der Waals surface area (Å²) in [5.41, 5.74) is 6.96. The molecule has 0 saturated carbocycles. The molecule has 0 bridgehead atoms. The fourth-order valence-electron chi connectivity index (χ4n) is 5.25. The Bertz CT molecular complexity index is 2010. The third-order valence-corrected chi connectivity index (χ3v) is 7.06. The molecule has 0 aliphatic heterocycles. The Balaban J connectivity index is 0.000000168. The van der Waals surface area contributed by atoms with Crippen molar-refractivity contribution < 1.29 is 29.6 Å². The summed E-state index contributed by atoms with van der Waals surface area (Å²) in [6.07, 6.45) is 1.81. The molecule has 0 spiro atoms. The molecule has 0 amide bonds. The molecule has 5 aromatic carbocycles. The van der Waals surface area contributed by atoms with Crippen molar-refractivity contribution in [3.8, 4) is 28.4 Å². The first-order valence-corrected chi connectivity index (χ1v) is 13.1. The van der Waals surface area contributed by atoms with Crippen LogP contribution >= 0.6 is 0 Å². The Morgan fingerprint density at radius 2 is 1.56 bits per heavy atom. The SMILES string of the molecule is Cc1[c-]c(-c2nccc3c2ccc2cc(F)ccc23)cc(C)c1.Cn1c(-c2ccccc2O)nc2ccccc21.[Ir]. The van der Waals surface area contributed by atoms with Gasteiger partial charge in [-0.15, -0.1) is 34.9 Å². The van der Waals surface area contributed by atoms with Gasteiger partial charge in [0.15, 0.2) is 0 Å². The zero-order chi connectivity index (χ0) is 27.8.